The van der Waals surface area contributed by atoms with Crippen molar-refractivity contribution in [1.29, 1.82) is 0 Å². The lowest BCUT2D eigenvalue weighted by Gasteiger charge is -2.04. The van der Waals surface area contributed by atoms with Crippen molar-refractivity contribution in [2.24, 2.45) is 10.2 Å². The van der Waals surface area contributed by atoms with E-state index in [1.54, 1.807) is 0 Å². The summed E-state index contributed by atoms with van der Waals surface area (Å²) < 4.78 is 49.3. The number of anilines is 1. The van der Waals surface area contributed by atoms with E-state index in [-0.39, 0.29) is 5.69 Å². The maximum Gasteiger partial charge on any atom is 0.295 e. The summed E-state index contributed by atoms with van der Waals surface area (Å²) in [5.41, 5.74) is 1.00. The second-order valence-corrected chi connectivity index (χ2v) is 6.05. The number of nitro benzene ring substituents is 1. The maximum absolute atomic E-state index is 13.4. The van der Waals surface area contributed by atoms with Gasteiger partial charge in [0.1, 0.15) is 17.3 Å². The van der Waals surface area contributed by atoms with Gasteiger partial charge in [0.2, 0.25) is 10.0 Å². The van der Waals surface area contributed by atoms with Gasteiger partial charge in [-0.15, -0.1) is 0 Å². The lowest BCUT2D eigenvalue weighted by Crippen LogP contribution is -2.12. The number of hydrogen-bond acceptors (Lipinski definition) is 6. The number of hydrazone groups is 1. The van der Waals surface area contributed by atoms with Crippen LogP contribution in [0.3, 0.4) is 0 Å². The van der Waals surface area contributed by atoms with Crippen LogP contribution in [0.1, 0.15) is 5.56 Å². The van der Waals surface area contributed by atoms with E-state index in [9.17, 15) is 27.3 Å². The zero-order chi connectivity index (χ0) is 17.9. The maximum atomic E-state index is 13.4. The molecule has 0 unspecified atom stereocenters. The number of rotatable bonds is 5. The summed E-state index contributed by atoms with van der Waals surface area (Å²) in [6.07, 6.45) is 0.808. The molecule has 0 saturated carbocycles. The van der Waals surface area contributed by atoms with Crippen LogP contribution in [0.15, 0.2) is 46.4 Å². The van der Waals surface area contributed by atoms with Gasteiger partial charge in [-0.3, -0.25) is 15.5 Å². The van der Waals surface area contributed by atoms with Gasteiger partial charge < -0.3 is 0 Å². The number of hydrogen-bond donors (Lipinski definition) is 2. The molecule has 2 aromatic carbocycles. The van der Waals surface area contributed by atoms with Crippen molar-refractivity contribution in [1.82, 2.24) is 0 Å². The number of nitrogens with two attached hydrogens (primary N) is 1. The van der Waals surface area contributed by atoms with Crippen molar-refractivity contribution >= 4 is 27.6 Å². The fourth-order valence-corrected chi connectivity index (χ4v) is 2.27. The van der Waals surface area contributed by atoms with Gasteiger partial charge in [-0.1, -0.05) is 6.07 Å². The monoisotopic (exact) mass is 356 g/mol. The average Bonchev–Trinajstić information content (AvgIpc) is 2.49. The van der Waals surface area contributed by atoms with Crippen LogP contribution in [0.4, 0.5) is 20.2 Å². The van der Waals surface area contributed by atoms with E-state index in [1.807, 2.05) is 0 Å². The summed E-state index contributed by atoms with van der Waals surface area (Å²) in [6, 6.07) is 6.06. The van der Waals surface area contributed by atoms with Crippen LogP contribution in [0, 0.1) is 21.7 Å². The van der Waals surface area contributed by atoms with Gasteiger partial charge in [0.15, 0.2) is 0 Å². The summed E-state index contributed by atoms with van der Waals surface area (Å²) in [5, 5.41) is 19.4. The lowest BCUT2D eigenvalue weighted by molar-refractivity contribution is -0.384. The highest BCUT2D eigenvalue weighted by atomic mass is 32.2. The molecular formula is C13H10F2N4O4S. The third-order valence-electron chi connectivity index (χ3n) is 2.87. The van der Waals surface area contributed by atoms with E-state index in [2.05, 4.69) is 10.5 Å². The van der Waals surface area contributed by atoms with Crippen molar-refractivity contribution in [2.45, 2.75) is 4.90 Å². The van der Waals surface area contributed by atoms with E-state index < -0.39 is 42.7 Å². The molecule has 0 aliphatic carbocycles. The van der Waals surface area contributed by atoms with Crippen molar-refractivity contribution < 1.29 is 22.1 Å². The first kappa shape index (κ1) is 17.4. The number of nitrogens with zero attached hydrogens (tertiary/aromatic N) is 2. The first-order valence-corrected chi connectivity index (χ1v) is 7.79. The molecule has 126 valence electrons. The Kier molecular flexibility index (Phi) is 4.85. The van der Waals surface area contributed by atoms with Crippen LogP contribution < -0.4 is 10.6 Å². The second-order valence-electron chi connectivity index (χ2n) is 4.49. The molecule has 0 aromatic heterocycles. The second kappa shape index (κ2) is 6.68. The van der Waals surface area contributed by atoms with Gasteiger partial charge in [-0.25, -0.2) is 22.3 Å². The molecule has 0 atom stereocenters. The van der Waals surface area contributed by atoms with Crippen molar-refractivity contribution in [3.05, 3.63) is 63.7 Å². The van der Waals surface area contributed by atoms with Gasteiger partial charge in [-0.2, -0.15) is 5.10 Å². The Morgan fingerprint density at radius 2 is 1.83 bits per heavy atom. The van der Waals surface area contributed by atoms with Crippen molar-refractivity contribution in [2.75, 3.05) is 5.43 Å². The number of halogens is 2. The summed E-state index contributed by atoms with van der Waals surface area (Å²) in [4.78, 5) is 9.69. The van der Waals surface area contributed by atoms with Gasteiger partial charge in [-0.05, 0) is 24.3 Å². The zero-order valence-electron chi connectivity index (χ0n) is 11.8. The van der Waals surface area contributed by atoms with E-state index in [4.69, 9.17) is 5.14 Å². The molecule has 0 bridgehead atoms. The first-order chi connectivity index (χ1) is 11.2. The zero-order valence-corrected chi connectivity index (χ0v) is 12.6. The lowest BCUT2D eigenvalue weighted by atomic mass is 10.2. The van der Waals surface area contributed by atoms with Gasteiger partial charge in [0, 0.05) is 6.07 Å². The SMILES string of the molecule is NS(=O)(=O)c1ccc(N/N=C\c2c(F)cccc2F)c([N+](=O)[O-])c1. The van der Waals surface area contributed by atoms with Crippen LogP contribution in [-0.4, -0.2) is 19.6 Å². The van der Waals surface area contributed by atoms with Crippen LogP contribution in [-0.2, 0) is 10.0 Å². The Morgan fingerprint density at radius 3 is 2.38 bits per heavy atom. The Labute approximate surface area is 134 Å². The van der Waals surface area contributed by atoms with Gasteiger partial charge >= 0.3 is 0 Å². The molecule has 0 heterocycles. The van der Waals surface area contributed by atoms with E-state index >= 15 is 0 Å². The fourth-order valence-electron chi connectivity index (χ4n) is 1.73. The Morgan fingerprint density at radius 1 is 1.21 bits per heavy atom. The predicted molar refractivity (Wildman–Crippen MR) is 82.0 cm³/mol. The molecule has 24 heavy (non-hydrogen) atoms. The van der Waals surface area contributed by atoms with Gasteiger partial charge in [0.25, 0.3) is 5.69 Å². The number of nitrogens with one attached hydrogen (secondary N) is 1. The number of primary sulfonamides is 1. The highest BCUT2D eigenvalue weighted by molar-refractivity contribution is 7.89. The quantitative estimate of drug-likeness (QED) is 0.481. The highest BCUT2D eigenvalue weighted by Crippen LogP contribution is 2.27. The summed E-state index contributed by atoms with van der Waals surface area (Å²) in [5.74, 6) is -1.72. The van der Waals surface area contributed by atoms with Gasteiger partial charge in [0.05, 0.1) is 21.6 Å². The molecule has 8 nitrogen and oxygen atoms in total. The molecule has 0 aliphatic rings. The fraction of sp³-hybridized carbons (Fsp3) is 0. The molecule has 0 aliphatic heterocycles. The molecule has 0 fully saturated rings. The van der Waals surface area contributed by atoms with Crippen LogP contribution in [0.25, 0.3) is 0 Å². The number of nitro groups is 1. The molecular weight excluding hydrogens is 346 g/mol. The molecule has 0 amide bonds. The van der Waals surface area contributed by atoms with E-state index in [0.29, 0.717) is 0 Å². The van der Waals surface area contributed by atoms with E-state index in [1.165, 1.54) is 6.07 Å². The Balaban J connectivity index is 2.33. The minimum absolute atomic E-state index is 0.180. The molecule has 0 saturated heterocycles. The molecule has 2 aromatic rings. The minimum atomic E-state index is -4.12. The third-order valence-corrected chi connectivity index (χ3v) is 3.78. The number of sulfonamides is 1. The highest BCUT2D eigenvalue weighted by Gasteiger charge is 2.18. The van der Waals surface area contributed by atoms with Crippen LogP contribution in [0.2, 0.25) is 0 Å². The standard InChI is InChI=1S/C13H10F2N4O4S/c14-10-2-1-3-11(15)9(10)7-17-18-12-5-4-8(24(16,22)23)6-13(12)19(20)21/h1-7,18H,(H2,16,22,23)/b17-7-. The van der Waals surface area contributed by atoms with E-state index in [0.717, 1.165) is 36.5 Å². The average molecular weight is 356 g/mol. The molecule has 2 rings (SSSR count). The van der Waals surface area contributed by atoms with Crippen LogP contribution >= 0.6 is 0 Å². The molecule has 3 N–H and O–H groups in total. The predicted octanol–water partition coefficient (Wildman–Crippen LogP) is 1.97. The van der Waals surface area contributed by atoms with Crippen LogP contribution in [0.5, 0.6) is 0 Å². The largest absolute Gasteiger partial charge is 0.295 e. The minimum Gasteiger partial charge on any atom is -0.272 e. The topological polar surface area (TPSA) is 128 Å². The Bertz CT molecular complexity index is 911. The molecule has 0 spiro atoms. The normalized spacial score (nSPS) is 11.6. The smallest absolute Gasteiger partial charge is 0.272 e. The number of benzene rings is 2. The molecule has 0 radical (unpaired) electrons. The first-order valence-electron chi connectivity index (χ1n) is 6.24. The van der Waals surface area contributed by atoms with Crippen molar-refractivity contribution in [3.63, 3.8) is 0 Å². The summed E-state index contributed by atoms with van der Waals surface area (Å²) in [7, 11) is -4.12. The summed E-state index contributed by atoms with van der Waals surface area (Å²) in [6.45, 7) is 0. The third kappa shape index (κ3) is 3.88. The summed E-state index contributed by atoms with van der Waals surface area (Å²) >= 11 is 0. The Hall–Kier alpha value is -2.92. The molecule has 11 heteroatoms. The van der Waals surface area contributed by atoms with Crippen molar-refractivity contribution in [3.8, 4) is 0 Å².